The SMILES string of the molecule is CN(C)CCn1ccc(C(=O)Nc2nnc(C3CCCc4ccccc43)s2)n1. The molecule has 1 N–H and O–H groups in total. The van der Waals surface area contributed by atoms with Gasteiger partial charge in [0.05, 0.1) is 6.54 Å². The molecule has 0 aliphatic heterocycles. The first-order valence-electron chi connectivity index (χ1n) is 9.51. The minimum atomic E-state index is -0.254. The maximum Gasteiger partial charge on any atom is 0.277 e. The number of rotatable bonds is 6. The van der Waals surface area contributed by atoms with Gasteiger partial charge in [-0.05, 0) is 50.6 Å². The van der Waals surface area contributed by atoms with Gasteiger partial charge in [0.1, 0.15) is 5.01 Å². The van der Waals surface area contributed by atoms with Crippen LogP contribution in [0.4, 0.5) is 5.13 Å². The van der Waals surface area contributed by atoms with Gasteiger partial charge in [0.15, 0.2) is 5.69 Å². The van der Waals surface area contributed by atoms with E-state index in [-0.39, 0.29) is 11.8 Å². The van der Waals surface area contributed by atoms with E-state index in [9.17, 15) is 4.79 Å². The molecule has 8 heteroatoms. The molecule has 0 spiro atoms. The molecule has 0 bridgehead atoms. The molecule has 1 aromatic carbocycles. The maximum absolute atomic E-state index is 12.5. The first-order chi connectivity index (χ1) is 13.6. The van der Waals surface area contributed by atoms with Crippen LogP contribution in [0.1, 0.15) is 45.4 Å². The van der Waals surface area contributed by atoms with Crippen LogP contribution in [0.15, 0.2) is 36.5 Å². The third-order valence-electron chi connectivity index (χ3n) is 4.98. The molecule has 1 unspecified atom stereocenters. The molecule has 0 radical (unpaired) electrons. The number of nitrogens with zero attached hydrogens (tertiary/aromatic N) is 5. The molecular formula is C20H24N6OS. The van der Waals surface area contributed by atoms with Gasteiger partial charge in [0.25, 0.3) is 5.91 Å². The molecule has 2 aromatic heterocycles. The third-order valence-corrected chi connectivity index (χ3v) is 5.93. The molecule has 2 heterocycles. The predicted molar refractivity (Wildman–Crippen MR) is 110 cm³/mol. The summed E-state index contributed by atoms with van der Waals surface area (Å²) in [7, 11) is 4.02. The van der Waals surface area contributed by atoms with Crippen molar-refractivity contribution in [3.63, 3.8) is 0 Å². The number of anilines is 1. The van der Waals surface area contributed by atoms with E-state index in [1.807, 2.05) is 20.3 Å². The zero-order valence-corrected chi connectivity index (χ0v) is 16.9. The Labute approximate surface area is 168 Å². The van der Waals surface area contributed by atoms with Crippen LogP contribution in [0.25, 0.3) is 0 Å². The quantitative estimate of drug-likeness (QED) is 0.693. The molecule has 146 valence electrons. The van der Waals surface area contributed by atoms with Crippen molar-refractivity contribution < 1.29 is 4.79 Å². The van der Waals surface area contributed by atoms with E-state index in [1.54, 1.807) is 10.7 Å². The molecule has 0 saturated heterocycles. The van der Waals surface area contributed by atoms with Crippen LogP contribution in [0, 0.1) is 0 Å². The number of carbonyl (C=O) groups excluding carboxylic acids is 1. The molecule has 1 aliphatic carbocycles. The number of aryl methyl sites for hydroxylation is 1. The van der Waals surface area contributed by atoms with Gasteiger partial charge in [0.2, 0.25) is 5.13 Å². The Balaban J connectivity index is 1.44. The summed E-state index contributed by atoms with van der Waals surface area (Å²) in [5, 5.41) is 17.2. The Kier molecular flexibility index (Phi) is 5.50. The highest BCUT2D eigenvalue weighted by Crippen LogP contribution is 2.38. The monoisotopic (exact) mass is 396 g/mol. The van der Waals surface area contributed by atoms with Gasteiger partial charge in [-0.1, -0.05) is 35.6 Å². The van der Waals surface area contributed by atoms with Crippen molar-refractivity contribution in [2.75, 3.05) is 26.0 Å². The molecule has 1 aliphatic rings. The fourth-order valence-corrected chi connectivity index (χ4v) is 4.40. The standard InChI is InChI=1S/C20H24N6OS/c1-25(2)12-13-26-11-10-17(24-26)18(27)21-20-23-22-19(28-20)16-9-5-7-14-6-3-4-8-15(14)16/h3-4,6,8,10-11,16H,5,7,9,12-13H2,1-2H3,(H,21,23,27). The number of hydrogen-bond donors (Lipinski definition) is 1. The van der Waals surface area contributed by atoms with Crippen LogP contribution in [0.2, 0.25) is 0 Å². The number of aromatic nitrogens is 4. The Morgan fingerprint density at radius 2 is 2.14 bits per heavy atom. The average molecular weight is 397 g/mol. The van der Waals surface area contributed by atoms with Gasteiger partial charge in [-0.15, -0.1) is 10.2 Å². The highest BCUT2D eigenvalue weighted by Gasteiger charge is 2.25. The van der Waals surface area contributed by atoms with Gasteiger partial charge >= 0.3 is 0 Å². The zero-order valence-electron chi connectivity index (χ0n) is 16.1. The van der Waals surface area contributed by atoms with Crippen molar-refractivity contribution in [2.24, 2.45) is 0 Å². The molecule has 1 atom stereocenters. The predicted octanol–water partition coefficient (Wildman–Crippen LogP) is 3.02. The number of amides is 1. The highest BCUT2D eigenvalue weighted by molar-refractivity contribution is 7.15. The van der Waals surface area contributed by atoms with Crippen LogP contribution in [-0.2, 0) is 13.0 Å². The second kappa shape index (κ2) is 8.20. The summed E-state index contributed by atoms with van der Waals surface area (Å²) in [6, 6.07) is 10.3. The van der Waals surface area contributed by atoms with E-state index < -0.39 is 0 Å². The smallest absolute Gasteiger partial charge is 0.277 e. The molecule has 4 rings (SSSR count). The summed E-state index contributed by atoms with van der Waals surface area (Å²) in [6.45, 7) is 1.61. The minimum Gasteiger partial charge on any atom is -0.308 e. The van der Waals surface area contributed by atoms with Crippen molar-refractivity contribution in [1.29, 1.82) is 0 Å². The second-order valence-electron chi connectivity index (χ2n) is 7.31. The Morgan fingerprint density at radius 3 is 3.00 bits per heavy atom. The second-order valence-corrected chi connectivity index (χ2v) is 8.32. The largest absolute Gasteiger partial charge is 0.308 e. The normalized spacial score (nSPS) is 16.2. The number of nitrogens with one attached hydrogen (secondary N) is 1. The molecule has 3 aromatic rings. The fraction of sp³-hybridized carbons (Fsp3) is 0.400. The Bertz CT molecular complexity index is 963. The summed E-state index contributed by atoms with van der Waals surface area (Å²) in [5.74, 6) is 0.00805. The molecular weight excluding hydrogens is 372 g/mol. The van der Waals surface area contributed by atoms with E-state index in [1.165, 1.54) is 22.5 Å². The number of fused-ring (bicyclic) bond motifs is 1. The summed E-state index contributed by atoms with van der Waals surface area (Å²) >= 11 is 1.45. The average Bonchev–Trinajstić information content (AvgIpc) is 3.35. The number of hydrogen-bond acceptors (Lipinski definition) is 6. The number of benzene rings is 1. The summed E-state index contributed by atoms with van der Waals surface area (Å²) in [6.07, 6.45) is 5.15. The summed E-state index contributed by atoms with van der Waals surface area (Å²) < 4.78 is 1.78. The van der Waals surface area contributed by atoms with Gasteiger partial charge in [0, 0.05) is 18.7 Å². The van der Waals surface area contributed by atoms with E-state index in [4.69, 9.17) is 0 Å². The first kappa shape index (κ1) is 18.8. The van der Waals surface area contributed by atoms with Crippen LogP contribution in [0.3, 0.4) is 0 Å². The van der Waals surface area contributed by atoms with Crippen LogP contribution >= 0.6 is 11.3 Å². The van der Waals surface area contributed by atoms with E-state index >= 15 is 0 Å². The van der Waals surface area contributed by atoms with E-state index in [2.05, 4.69) is 49.8 Å². The third kappa shape index (κ3) is 4.13. The zero-order chi connectivity index (χ0) is 19.5. The van der Waals surface area contributed by atoms with Gasteiger partial charge in [-0.2, -0.15) is 5.10 Å². The lowest BCUT2D eigenvalue weighted by atomic mass is 9.83. The van der Waals surface area contributed by atoms with E-state index in [0.29, 0.717) is 10.8 Å². The Morgan fingerprint density at radius 1 is 1.29 bits per heavy atom. The van der Waals surface area contributed by atoms with Crippen molar-refractivity contribution >= 4 is 22.4 Å². The molecule has 0 fully saturated rings. The topological polar surface area (TPSA) is 75.9 Å². The van der Waals surface area contributed by atoms with Crippen LogP contribution in [0.5, 0.6) is 0 Å². The van der Waals surface area contributed by atoms with Gasteiger partial charge in [-0.3, -0.25) is 14.8 Å². The minimum absolute atomic E-state index is 0.254. The maximum atomic E-state index is 12.5. The van der Waals surface area contributed by atoms with Crippen molar-refractivity contribution in [1.82, 2.24) is 24.9 Å². The highest BCUT2D eigenvalue weighted by atomic mass is 32.1. The van der Waals surface area contributed by atoms with Crippen molar-refractivity contribution in [3.8, 4) is 0 Å². The van der Waals surface area contributed by atoms with Gasteiger partial charge < -0.3 is 4.90 Å². The summed E-state index contributed by atoms with van der Waals surface area (Å²) in [4.78, 5) is 14.6. The Hall–Kier alpha value is -2.58. The lowest BCUT2D eigenvalue weighted by Gasteiger charge is -2.23. The fourth-order valence-electron chi connectivity index (χ4n) is 3.51. The lowest BCUT2D eigenvalue weighted by molar-refractivity contribution is 0.102. The van der Waals surface area contributed by atoms with Crippen molar-refractivity contribution in [3.05, 3.63) is 58.4 Å². The molecule has 7 nitrogen and oxygen atoms in total. The number of carbonyl (C=O) groups is 1. The molecule has 28 heavy (non-hydrogen) atoms. The van der Waals surface area contributed by atoms with Crippen molar-refractivity contribution in [2.45, 2.75) is 31.7 Å². The molecule has 0 saturated carbocycles. The van der Waals surface area contributed by atoms with Crippen LogP contribution in [-0.4, -0.2) is 51.4 Å². The van der Waals surface area contributed by atoms with Crippen LogP contribution < -0.4 is 5.32 Å². The number of likely N-dealkylation sites (N-methyl/N-ethyl adjacent to an activating group) is 1. The summed E-state index contributed by atoms with van der Waals surface area (Å²) in [5.41, 5.74) is 3.11. The lowest BCUT2D eigenvalue weighted by Crippen LogP contribution is -2.19. The molecule has 1 amide bonds. The van der Waals surface area contributed by atoms with Gasteiger partial charge in [-0.25, -0.2) is 0 Å². The van der Waals surface area contributed by atoms with E-state index in [0.717, 1.165) is 37.4 Å². The first-order valence-corrected chi connectivity index (χ1v) is 10.3.